The summed E-state index contributed by atoms with van der Waals surface area (Å²) in [6.45, 7) is 0. The summed E-state index contributed by atoms with van der Waals surface area (Å²) in [5, 5.41) is 8.99. The predicted molar refractivity (Wildman–Crippen MR) is 66.6 cm³/mol. The van der Waals surface area contributed by atoms with Crippen LogP contribution in [0.2, 0.25) is 0 Å². The molecule has 0 amide bonds. The normalized spacial score (nSPS) is 10.6. The number of nitrogens with zero attached hydrogens (tertiary/aromatic N) is 1. The third-order valence-corrected chi connectivity index (χ3v) is 2.30. The second kappa shape index (κ2) is 5.07. The van der Waals surface area contributed by atoms with Crippen LogP contribution in [0.1, 0.15) is 21.6 Å². The standard InChI is InChI=1S/C14H11NO2/c16-14(17)12-7-4-10-15-13(12)9-8-11-5-2-1-3-6-11/h1-10H,(H,16,17)/b9-8+. The number of pyridine rings is 1. The van der Waals surface area contributed by atoms with Crippen LogP contribution in [0.4, 0.5) is 0 Å². The first-order valence-corrected chi connectivity index (χ1v) is 5.19. The molecule has 1 aromatic carbocycles. The lowest BCUT2D eigenvalue weighted by atomic mass is 10.1. The van der Waals surface area contributed by atoms with Crippen molar-refractivity contribution in [3.63, 3.8) is 0 Å². The first-order chi connectivity index (χ1) is 8.27. The Hall–Kier alpha value is -2.42. The van der Waals surface area contributed by atoms with E-state index in [2.05, 4.69) is 4.98 Å². The molecule has 0 aliphatic carbocycles. The van der Waals surface area contributed by atoms with Gasteiger partial charge in [-0.1, -0.05) is 36.4 Å². The Morgan fingerprint density at radius 1 is 1.06 bits per heavy atom. The monoisotopic (exact) mass is 225 g/mol. The number of benzene rings is 1. The number of rotatable bonds is 3. The van der Waals surface area contributed by atoms with Crippen molar-refractivity contribution in [2.75, 3.05) is 0 Å². The first-order valence-electron chi connectivity index (χ1n) is 5.19. The summed E-state index contributed by atoms with van der Waals surface area (Å²) in [6, 6.07) is 12.8. The van der Waals surface area contributed by atoms with Gasteiger partial charge in [0.05, 0.1) is 11.3 Å². The summed E-state index contributed by atoms with van der Waals surface area (Å²) in [4.78, 5) is 15.0. The Labute approximate surface area is 99.1 Å². The summed E-state index contributed by atoms with van der Waals surface area (Å²) in [7, 11) is 0. The van der Waals surface area contributed by atoms with Gasteiger partial charge in [-0.15, -0.1) is 0 Å². The smallest absolute Gasteiger partial charge is 0.337 e. The molecule has 0 bridgehead atoms. The van der Waals surface area contributed by atoms with Crippen LogP contribution in [-0.4, -0.2) is 16.1 Å². The molecule has 0 spiro atoms. The van der Waals surface area contributed by atoms with E-state index in [1.165, 1.54) is 0 Å². The predicted octanol–water partition coefficient (Wildman–Crippen LogP) is 2.95. The SMILES string of the molecule is O=C(O)c1cccnc1/C=C/c1ccccc1. The average Bonchev–Trinajstić information content (AvgIpc) is 2.38. The van der Waals surface area contributed by atoms with E-state index in [0.29, 0.717) is 5.69 Å². The van der Waals surface area contributed by atoms with Crippen LogP contribution >= 0.6 is 0 Å². The van der Waals surface area contributed by atoms with Gasteiger partial charge in [-0.2, -0.15) is 0 Å². The van der Waals surface area contributed by atoms with E-state index in [0.717, 1.165) is 5.56 Å². The van der Waals surface area contributed by atoms with Crippen LogP contribution in [-0.2, 0) is 0 Å². The zero-order valence-electron chi connectivity index (χ0n) is 9.08. The molecule has 2 aromatic rings. The molecule has 0 saturated carbocycles. The Morgan fingerprint density at radius 3 is 2.53 bits per heavy atom. The van der Waals surface area contributed by atoms with Crippen molar-refractivity contribution in [2.24, 2.45) is 0 Å². The van der Waals surface area contributed by atoms with Crippen LogP contribution in [0.3, 0.4) is 0 Å². The van der Waals surface area contributed by atoms with E-state index in [4.69, 9.17) is 5.11 Å². The maximum absolute atomic E-state index is 11.0. The zero-order chi connectivity index (χ0) is 12.1. The van der Waals surface area contributed by atoms with Gasteiger partial charge in [0.15, 0.2) is 0 Å². The molecule has 0 fully saturated rings. The molecule has 84 valence electrons. The molecular formula is C14H11NO2. The summed E-state index contributed by atoms with van der Waals surface area (Å²) in [5.74, 6) is -0.967. The largest absolute Gasteiger partial charge is 0.478 e. The molecule has 2 rings (SSSR count). The summed E-state index contributed by atoms with van der Waals surface area (Å²) >= 11 is 0. The van der Waals surface area contributed by atoms with Gasteiger partial charge in [0.2, 0.25) is 0 Å². The van der Waals surface area contributed by atoms with E-state index in [1.807, 2.05) is 36.4 Å². The highest BCUT2D eigenvalue weighted by Gasteiger charge is 2.07. The molecule has 1 N–H and O–H groups in total. The first kappa shape index (κ1) is 11.1. The number of hydrogen-bond acceptors (Lipinski definition) is 2. The Morgan fingerprint density at radius 2 is 1.82 bits per heavy atom. The Balaban J connectivity index is 2.30. The summed E-state index contributed by atoms with van der Waals surface area (Å²) in [5.41, 5.74) is 1.68. The minimum absolute atomic E-state index is 0.208. The Kier molecular flexibility index (Phi) is 3.31. The van der Waals surface area contributed by atoms with E-state index in [1.54, 1.807) is 24.4 Å². The minimum atomic E-state index is -0.967. The van der Waals surface area contributed by atoms with Crippen molar-refractivity contribution in [3.8, 4) is 0 Å². The van der Waals surface area contributed by atoms with E-state index in [9.17, 15) is 4.79 Å². The van der Waals surface area contributed by atoms with Gasteiger partial charge in [0, 0.05) is 6.20 Å². The van der Waals surface area contributed by atoms with Gasteiger partial charge in [0.1, 0.15) is 0 Å². The maximum atomic E-state index is 11.0. The van der Waals surface area contributed by atoms with Crippen molar-refractivity contribution in [1.82, 2.24) is 4.98 Å². The van der Waals surface area contributed by atoms with Crippen molar-refractivity contribution in [2.45, 2.75) is 0 Å². The molecule has 0 unspecified atom stereocenters. The molecule has 0 atom stereocenters. The van der Waals surface area contributed by atoms with Gasteiger partial charge in [-0.05, 0) is 23.8 Å². The second-order valence-electron chi connectivity index (χ2n) is 3.49. The number of hydrogen-bond donors (Lipinski definition) is 1. The number of carbonyl (C=O) groups is 1. The van der Waals surface area contributed by atoms with Crippen molar-refractivity contribution in [3.05, 3.63) is 65.5 Å². The molecule has 0 saturated heterocycles. The quantitative estimate of drug-likeness (QED) is 0.873. The number of aromatic carboxylic acids is 1. The van der Waals surface area contributed by atoms with E-state index in [-0.39, 0.29) is 5.56 Å². The molecule has 1 aromatic heterocycles. The molecule has 0 aliphatic rings. The van der Waals surface area contributed by atoms with Crippen molar-refractivity contribution < 1.29 is 9.90 Å². The lowest BCUT2D eigenvalue weighted by Gasteiger charge is -1.98. The molecule has 3 nitrogen and oxygen atoms in total. The van der Waals surface area contributed by atoms with E-state index < -0.39 is 5.97 Å². The van der Waals surface area contributed by atoms with Gasteiger partial charge in [-0.25, -0.2) is 4.79 Å². The topological polar surface area (TPSA) is 50.2 Å². The van der Waals surface area contributed by atoms with Gasteiger partial charge >= 0.3 is 5.97 Å². The third-order valence-electron chi connectivity index (χ3n) is 2.30. The second-order valence-corrected chi connectivity index (χ2v) is 3.49. The van der Waals surface area contributed by atoms with Crippen molar-refractivity contribution in [1.29, 1.82) is 0 Å². The summed E-state index contributed by atoms with van der Waals surface area (Å²) in [6.07, 6.45) is 5.13. The third kappa shape index (κ3) is 2.78. The van der Waals surface area contributed by atoms with Crippen LogP contribution in [0, 0.1) is 0 Å². The Bertz CT molecular complexity index is 547. The fraction of sp³-hybridized carbons (Fsp3) is 0. The van der Waals surface area contributed by atoms with Gasteiger partial charge in [-0.3, -0.25) is 4.98 Å². The van der Waals surface area contributed by atoms with Gasteiger partial charge < -0.3 is 5.11 Å². The molecule has 0 aliphatic heterocycles. The lowest BCUT2D eigenvalue weighted by molar-refractivity contribution is 0.0696. The van der Waals surface area contributed by atoms with Crippen LogP contribution < -0.4 is 0 Å². The number of carboxylic acid groups (broad SMARTS) is 1. The van der Waals surface area contributed by atoms with Gasteiger partial charge in [0.25, 0.3) is 0 Å². The molecule has 17 heavy (non-hydrogen) atoms. The highest BCUT2D eigenvalue weighted by Crippen LogP contribution is 2.10. The van der Waals surface area contributed by atoms with Crippen LogP contribution in [0.15, 0.2) is 48.7 Å². The fourth-order valence-corrected chi connectivity index (χ4v) is 1.47. The summed E-state index contributed by atoms with van der Waals surface area (Å²) < 4.78 is 0. The number of carboxylic acids is 1. The zero-order valence-corrected chi connectivity index (χ0v) is 9.08. The lowest BCUT2D eigenvalue weighted by Crippen LogP contribution is -2.00. The molecule has 0 radical (unpaired) electrons. The highest BCUT2D eigenvalue weighted by molar-refractivity contribution is 5.92. The maximum Gasteiger partial charge on any atom is 0.337 e. The molecular weight excluding hydrogens is 214 g/mol. The average molecular weight is 225 g/mol. The fourth-order valence-electron chi connectivity index (χ4n) is 1.47. The minimum Gasteiger partial charge on any atom is -0.478 e. The molecule has 3 heteroatoms. The van der Waals surface area contributed by atoms with Crippen LogP contribution in [0.5, 0.6) is 0 Å². The van der Waals surface area contributed by atoms with E-state index >= 15 is 0 Å². The number of aromatic nitrogens is 1. The highest BCUT2D eigenvalue weighted by atomic mass is 16.4. The molecule has 1 heterocycles. The van der Waals surface area contributed by atoms with Crippen LogP contribution in [0.25, 0.3) is 12.2 Å². The van der Waals surface area contributed by atoms with Crippen molar-refractivity contribution >= 4 is 18.1 Å².